The molecule has 0 spiro atoms. The first-order chi connectivity index (χ1) is 15.1. The summed E-state index contributed by atoms with van der Waals surface area (Å²) in [6.45, 7) is 0. The van der Waals surface area contributed by atoms with Crippen LogP contribution in [0, 0.1) is 10.1 Å². The van der Waals surface area contributed by atoms with Crippen LogP contribution in [0.3, 0.4) is 0 Å². The summed E-state index contributed by atoms with van der Waals surface area (Å²) in [6, 6.07) is 10.6. The molecule has 1 heterocycles. The quantitative estimate of drug-likeness (QED) is 0.342. The van der Waals surface area contributed by atoms with E-state index in [9.17, 15) is 28.1 Å². The number of aromatic nitrogens is 2. The minimum Gasteiger partial charge on any atom is -0.406 e. The van der Waals surface area contributed by atoms with E-state index in [4.69, 9.17) is 11.6 Å². The fraction of sp³-hybridized carbons (Fsp3) is 0.0556. The number of anilines is 3. The van der Waals surface area contributed by atoms with E-state index < -0.39 is 28.6 Å². The lowest BCUT2D eigenvalue weighted by molar-refractivity contribution is -0.383. The number of nitro groups is 1. The molecule has 3 N–H and O–H groups in total. The van der Waals surface area contributed by atoms with Crippen molar-refractivity contribution >= 4 is 40.5 Å². The fourth-order valence-corrected chi connectivity index (χ4v) is 2.66. The van der Waals surface area contributed by atoms with Gasteiger partial charge in [-0.25, -0.2) is 9.97 Å². The molecule has 0 aliphatic heterocycles. The molecular weight excluding hydrogens is 457 g/mol. The van der Waals surface area contributed by atoms with Gasteiger partial charge in [0.05, 0.1) is 15.5 Å². The van der Waals surface area contributed by atoms with Gasteiger partial charge < -0.3 is 10.1 Å². The Bertz CT molecular complexity index is 1140. The highest BCUT2D eigenvalue weighted by molar-refractivity contribution is 6.33. The Morgan fingerprint density at radius 2 is 1.72 bits per heavy atom. The van der Waals surface area contributed by atoms with Crippen molar-refractivity contribution in [3.63, 3.8) is 0 Å². The summed E-state index contributed by atoms with van der Waals surface area (Å²) in [6.07, 6.45) is -3.87. The average molecular weight is 469 g/mol. The zero-order valence-electron chi connectivity index (χ0n) is 15.7. The number of ether oxygens (including phenoxy) is 1. The maximum Gasteiger partial charge on any atom is 0.573 e. The topological polar surface area (TPSA) is 131 Å². The van der Waals surface area contributed by atoms with Crippen molar-refractivity contribution in [3.05, 3.63) is 75.6 Å². The second-order valence-corrected chi connectivity index (χ2v) is 6.34. The molecule has 2 aromatic carbocycles. The number of rotatable bonds is 7. The van der Waals surface area contributed by atoms with Crippen molar-refractivity contribution < 1.29 is 27.6 Å². The van der Waals surface area contributed by atoms with Gasteiger partial charge in [0, 0.05) is 5.69 Å². The number of amides is 1. The van der Waals surface area contributed by atoms with Gasteiger partial charge in [0.1, 0.15) is 12.1 Å². The number of carbonyl (C=O) groups excluding carboxylic acids is 1. The van der Waals surface area contributed by atoms with E-state index in [1.807, 2.05) is 0 Å². The van der Waals surface area contributed by atoms with E-state index in [1.54, 1.807) is 12.1 Å². The number of nitrogens with one attached hydrogen (secondary N) is 3. The van der Waals surface area contributed by atoms with Crippen LogP contribution in [0.15, 0.2) is 54.9 Å². The van der Waals surface area contributed by atoms with Crippen LogP contribution in [0.1, 0.15) is 10.4 Å². The van der Waals surface area contributed by atoms with Gasteiger partial charge in [0.25, 0.3) is 5.91 Å². The minimum absolute atomic E-state index is 0.123. The largest absolute Gasteiger partial charge is 0.573 e. The zero-order chi connectivity index (χ0) is 23.3. The SMILES string of the molecule is O=C(NNc1ncnc(Nc2ccc(OC(F)(F)F)cc2)c1[N+](=O)[O-])c1ccccc1Cl. The van der Waals surface area contributed by atoms with Gasteiger partial charge in [-0.3, -0.25) is 25.8 Å². The number of hydrazine groups is 1. The summed E-state index contributed by atoms with van der Waals surface area (Å²) < 4.78 is 40.5. The standard InChI is InChI=1S/C18H12ClF3N6O4/c19-13-4-2-1-3-12(13)17(29)27-26-16-14(28(30)31)15(23-9-24-16)25-10-5-7-11(8-6-10)32-18(20,21)22/h1-9H,(H,27,29)(H2,23,24,25,26). The van der Waals surface area contributed by atoms with Gasteiger partial charge in [-0.05, 0) is 36.4 Å². The highest BCUT2D eigenvalue weighted by Gasteiger charge is 2.31. The molecule has 0 atom stereocenters. The van der Waals surface area contributed by atoms with Crippen molar-refractivity contribution in [2.24, 2.45) is 0 Å². The highest BCUT2D eigenvalue weighted by Crippen LogP contribution is 2.32. The molecule has 14 heteroatoms. The van der Waals surface area contributed by atoms with Crippen molar-refractivity contribution in [1.82, 2.24) is 15.4 Å². The van der Waals surface area contributed by atoms with Gasteiger partial charge in [0.2, 0.25) is 11.6 Å². The molecule has 0 aliphatic carbocycles. The van der Waals surface area contributed by atoms with Crippen molar-refractivity contribution in [2.45, 2.75) is 6.36 Å². The number of hydrogen-bond acceptors (Lipinski definition) is 8. The van der Waals surface area contributed by atoms with Crippen LogP contribution in [0.4, 0.5) is 36.2 Å². The molecule has 1 aromatic heterocycles. The highest BCUT2D eigenvalue weighted by atomic mass is 35.5. The fourth-order valence-electron chi connectivity index (χ4n) is 2.44. The summed E-state index contributed by atoms with van der Waals surface area (Å²) in [4.78, 5) is 30.6. The maximum atomic E-state index is 12.3. The summed E-state index contributed by atoms with van der Waals surface area (Å²) in [7, 11) is 0. The monoisotopic (exact) mass is 468 g/mol. The van der Waals surface area contributed by atoms with E-state index in [2.05, 4.69) is 30.9 Å². The number of benzene rings is 2. The molecule has 1 amide bonds. The Kier molecular flexibility index (Phi) is 6.59. The van der Waals surface area contributed by atoms with Gasteiger partial charge in [-0.2, -0.15) is 0 Å². The molecule has 10 nitrogen and oxygen atoms in total. The Labute approximate surface area is 182 Å². The summed E-state index contributed by atoms with van der Waals surface area (Å²) in [5.74, 6) is -1.75. The summed E-state index contributed by atoms with van der Waals surface area (Å²) in [5, 5.41) is 14.4. The van der Waals surface area contributed by atoms with Crippen LogP contribution >= 0.6 is 11.6 Å². The van der Waals surface area contributed by atoms with E-state index in [0.29, 0.717) is 0 Å². The predicted molar refractivity (Wildman–Crippen MR) is 108 cm³/mol. The van der Waals surface area contributed by atoms with E-state index >= 15 is 0 Å². The number of hydrogen-bond donors (Lipinski definition) is 3. The third-order valence-electron chi connectivity index (χ3n) is 3.77. The average Bonchev–Trinajstić information content (AvgIpc) is 2.72. The van der Waals surface area contributed by atoms with Crippen molar-refractivity contribution in [3.8, 4) is 5.75 Å². The predicted octanol–water partition coefficient (Wildman–Crippen LogP) is 4.44. The van der Waals surface area contributed by atoms with Gasteiger partial charge in [-0.1, -0.05) is 23.7 Å². The van der Waals surface area contributed by atoms with Crippen LogP contribution < -0.4 is 20.9 Å². The lowest BCUT2D eigenvalue weighted by Crippen LogP contribution is -2.30. The van der Waals surface area contributed by atoms with Gasteiger partial charge >= 0.3 is 12.0 Å². The Morgan fingerprint density at radius 1 is 1.06 bits per heavy atom. The molecule has 0 bridgehead atoms. The molecule has 3 rings (SSSR count). The summed E-state index contributed by atoms with van der Waals surface area (Å²) in [5.41, 5.74) is 4.29. The first-order valence-electron chi connectivity index (χ1n) is 8.57. The molecule has 166 valence electrons. The van der Waals surface area contributed by atoms with Gasteiger partial charge in [-0.15, -0.1) is 13.2 Å². The minimum atomic E-state index is -4.85. The molecule has 0 saturated carbocycles. The maximum absolute atomic E-state index is 12.3. The first-order valence-corrected chi connectivity index (χ1v) is 8.95. The second kappa shape index (κ2) is 9.34. The third kappa shape index (κ3) is 5.72. The zero-order valence-corrected chi connectivity index (χ0v) is 16.4. The Balaban J connectivity index is 1.78. The van der Waals surface area contributed by atoms with Gasteiger partial charge in [0.15, 0.2) is 0 Å². The molecule has 0 aliphatic rings. The first kappa shape index (κ1) is 22.6. The molecule has 0 fully saturated rings. The van der Waals surface area contributed by atoms with Crippen LogP contribution in [-0.2, 0) is 0 Å². The number of nitrogens with zero attached hydrogens (tertiary/aromatic N) is 3. The van der Waals surface area contributed by atoms with Crippen LogP contribution in [0.5, 0.6) is 5.75 Å². The Morgan fingerprint density at radius 3 is 2.34 bits per heavy atom. The number of carbonyl (C=O) groups is 1. The third-order valence-corrected chi connectivity index (χ3v) is 4.10. The van der Waals surface area contributed by atoms with E-state index in [0.717, 1.165) is 18.5 Å². The smallest absolute Gasteiger partial charge is 0.406 e. The van der Waals surface area contributed by atoms with Crippen LogP contribution in [0.25, 0.3) is 0 Å². The molecular formula is C18H12ClF3N6O4. The normalized spacial score (nSPS) is 10.9. The number of alkyl halides is 3. The summed E-state index contributed by atoms with van der Waals surface area (Å²) >= 11 is 5.94. The second-order valence-electron chi connectivity index (χ2n) is 5.93. The van der Waals surface area contributed by atoms with Crippen molar-refractivity contribution in [1.29, 1.82) is 0 Å². The van der Waals surface area contributed by atoms with E-state index in [-0.39, 0.29) is 27.9 Å². The molecule has 0 saturated heterocycles. The molecule has 0 radical (unpaired) electrons. The lowest BCUT2D eigenvalue weighted by atomic mass is 10.2. The van der Waals surface area contributed by atoms with Crippen LogP contribution in [-0.4, -0.2) is 27.2 Å². The Hall–Kier alpha value is -4.13. The van der Waals surface area contributed by atoms with Crippen molar-refractivity contribution in [2.75, 3.05) is 10.7 Å². The lowest BCUT2D eigenvalue weighted by Gasteiger charge is -2.12. The molecule has 0 unspecified atom stereocenters. The van der Waals surface area contributed by atoms with Crippen LogP contribution in [0.2, 0.25) is 5.02 Å². The molecule has 32 heavy (non-hydrogen) atoms. The number of halogens is 4. The van der Waals surface area contributed by atoms with E-state index in [1.165, 1.54) is 24.3 Å². The molecule has 3 aromatic rings.